The van der Waals surface area contributed by atoms with Gasteiger partial charge in [0.25, 0.3) is 11.5 Å². The summed E-state index contributed by atoms with van der Waals surface area (Å²) < 4.78 is 21.7. The van der Waals surface area contributed by atoms with Crippen molar-refractivity contribution in [2.75, 3.05) is 13.2 Å². The van der Waals surface area contributed by atoms with Crippen LogP contribution in [0, 0.1) is 5.82 Å². The molecule has 176 valence electrons. The van der Waals surface area contributed by atoms with Gasteiger partial charge in [0.2, 0.25) is 0 Å². The summed E-state index contributed by atoms with van der Waals surface area (Å²) in [5, 5.41) is 9.55. The highest BCUT2D eigenvalue weighted by atomic mass is 19.1. The second-order valence-electron chi connectivity index (χ2n) is 8.06. The van der Waals surface area contributed by atoms with Gasteiger partial charge >= 0.3 is 0 Å². The number of hydrogen-bond donors (Lipinski definition) is 1. The van der Waals surface area contributed by atoms with E-state index in [9.17, 15) is 14.0 Å². The average Bonchev–Trinajstić information content (AvgIpc) is 3.29. The average molecular weight is 471 g/mol. The van der Waals surface area contributed by atoms with E-state index in [1.807, 2.05) is 42.5 Å². The molecular weight excluding hydrogens is 449 g/mol. The smallest absolute Gasteiger partial charge is 0.264 e. The van der Waals surface area contributed by atoms with E-state index in [0.717, 1.165) is 16.3 Å². The van der Waals surface area contributed by atoms with Crippen LogP contribution in [-0.4, -0.2) is 38.4 Å². The van der Waals surface area contributed by atoms with Gasteiger partial charge in [-0.15, -0.1) is 0 Å². The fourth-order valence-electron chi connectivity index (χ4n) is 3.82. The van der Waals surface area contributed by atoms with Gasteiger partial charge in [-0.2, -0.15) is 5.10 Å². The summed E-state index contributed by atoms with van der Waals surface area (Å²) in [7, 11) is 0. The first-order valence-electron chi connectivity index (χ1n) is 11.1. The van der Waals surface area contributed by atoms with Crippen molar-refractivity contribution in [3.63, 3.8) is 0 Å². The summed E-state index contributed by atoms with van der Waals surface area (Å²) in [4.78, 5) is 29.4. The van der Waals surface area contributed by atoms with E-state index in [2.05, 4.69) is 15.4 Å². The number of halogens is 1. The molecule has 35 heavy (non-hydrogen) atoms. The second-order valence-corrected chi connectivity index (χ2v) is 8.06. The van der Waals surface area contributed by atoms with Crippen LogP contribution in [0.1, 0.15) is 5.56 Å². The molecule has 2 aromatic heterocycles. The highest BCUT2D eigenvalue weighted by Crippen LogP contribution is 2.20. The molecule has 0 saturated carbocycles. The maximum Gasteiger partial charge on any atom is 0.264 e. The van der Waals surface area contributed by atoms with E-state index in [-0.39, 0.29) is 30.4 Å². The quantitative estimate of drug-likeness (QED) is 0.376. The summed E-state index contributed by atoms with van der Waals surface area (Å²) >= 11 is 0. The number of amides is 1. The maximum absolute atomic E-state index is 13.1. The summed E-state index contributed by atoms with van der Waals surface area (Å²) in [5.74, 6) is 0.0329. The molecular formula is C26H22FN5O3. The SMILES string of the molecule is O=C(COc1ccc2ccccc2c1)NCCn1ncc2c(=O)n(Cc3ccc(F)cc3)cnc21. The first kappa shape index (κ1) is 22.3. The van der Waals surface area contributed by atoms with Crippen LogP contribution >= 0.6 is 0 Å². The summed E-state index contributed by atoms with van der Waals surface area (Å²) in [6, 6.07) is 19.6. The molecule has 0 aliphatic carbocycles. The number of carbonyl (C=O) groups excluding carboxylic acids is 1. The summed E-state index contributed by atoms with van der Waals surface area (Å²) in [5.41, 5.74) is 0.987. The third-order valence-corrected chi connectivity index (χ3v) is 5.63. The molecule has 1 amide bonds. The molecule has 0 saturated heterocycles. The molecule has 0 radical (unpaired) electrons. The van der Waals surface area contributed by atoms with Crippen LogP contribution in [0.4, 0.5) is 4.39 Å². The fraction of sp³-hybridized carbons (Fsp3) is 0.154. The number of ether oxygens (including phenoxy) is 1. The lowest BCUT2D eigenvalue weighted by Gasteiger charge is -2.09. The zero-order chi connectivity index (χ0) is 24.2. The van der Waals surface area contributed by atoms with E-state index in [4.69, 9.17) is 4.74 Å². The first-order chi connectivity index (χ1) is 17.1. The van der Waals surface area contributed by atoms with Crippen molar-refractivity contribution in [3.05, 3.63) is 101 Å². The van der Waals surface area contributed by atoms with E-state index < -0.39 is 0 Å². The molecule has 0 aliphatic rings. The van der Waals surface area contributed by atoms with Crippen molar-refractivity contribution in [2.45, 2.75) is 13.1 Å². The molecule has 0 fully saturated rings. The minimum Gasteiger partial charge on any atom is -0.484 e. The van der Waals surface area contributed by atoms with Gasteiger partial charge in [0.1, 0.15) is 23.3 Å². The summed E-state index contributed by atoms with van der Waals surface area (Å²) in [6.07, 6.45) is 2.92. The first-order valence-corrected chi connectivity index (χ1v) is 11.1. The molecule has 0 atom stereocenters. The van der Waals surface area contributed by atoms with Gasteiger partial charge in [0.15, 0.2) is 12.3 Å². The van der Waals surface area contributed by atoms with Crippen LogP contribution in [0.15, 0.2) is 84.0 Å². The summed E-state index contributed by atoms with van der Waals surface area (Å²) in [6.45, 7) is 0.821. The molecule has 0 bridgehead atoms. The van der Waals surface area contributed by atoms with Crippen molar-refractivity contribution in [3.8, 4) is 5.75 Å². The molecule has 3 aromatic carbocycles. The second kappa shape index (κ2) is 9.76. The van der Waals surface area contributed by atoms with Crippen LogP contribution in [0.3, 0.4) is 0 Å². The number of aromatic nitrogens is 4. The Labute approximate surface area is 199 Å². The number of hydrogen-bond acceptors (Lipinski definition) is 5. The number of fused-ring (bicyclic) bond motifs is 2. The topological polar surface area (TPSA) is 91.0 Å². The number of rotatable bonds is 8. The molecule has 1 N–H and O–H groups in total. The van der Waals surface area contributed by atoms with Crippen LogP contribution in [0.5, 0.6) is 5.75 Å². The van der Waals surface area contributed by atoms with Crippen LogP contribution in [-0.2, 0) is 17.9 Å². The lowest BCUT2D eigenvalue weighted by atomic mass is 10.1. The largest absolute Gasteiger partial charge is 0.484 e. The fourth-order valence-corrected chi connectivity index (χ4v) is 3.82. The third kappa shape index (κ3) is 5.03. The van der Waals surface area contributed by atoms with Gasteiger partial charge in [-0.25, -0.2) is 14.1 Å². The van der Waals surface area contributed by atoms with Crippen molar-refractivity contribution in [1.29, 1.82) is 0 Å². The number of nitrogens with one attached hydrogen (secondary N) is 1. The van der Waals surface area contributed by atoms with Gasteiger partial charge < -0.3 is 10.1 Å². The zero-order valence-electron chi connectivity index (χ0n) is 18.7. The molecule has 5 rings (SSSR count). The predicted molar refractivity (Wildman–Crippen MR) is 130 cm³/mol. The molecule has 5 aromatic rings. The van der Waals surface area contributed by atoms with Gasteiger partial charge in [0, 0.05) is 6.54 Å². The Morgan fingerprint density at radius 3 is 2.66 bits per heavy atom. The van der Waals surface area contributed by atoms with Crippen molar-refractivity contribution < 1.29 is 13.9 Å². The minimum atomic E-state index is -0.330. The van der Waals surface area contributed by atoms with Crippen LogP contribution in [0.2, 0.25) is 0 Å². The zero-order valence-corrected chi connectivity index (χ0v) is 18.7. The lowest BCUT2D eigenvalue weighted by Crippen LogP contribution is -2.31. The molecule has 8 nitrogen and oxygen atoms in total. The Balaban J connectivity index is 1.16. The Morgan fingerprint density at radius 2 is 1.83 bits per heavy atom. The number of nitrogens with zero attached hydrogens (tertiary/aromatic N) is 4. The van der Waals surface area contributed by atoms with Gasteiger partial charge in [-0.3, -0.25) is 14.2 Å². The highest BCUT2D eigenvalue weighted by molar-refractivity contribution is 5.84. The minimum absolute atomic E-state index is 0.107. The van der Waals surface area contributed by atoms with Crippen LogP contribution < -0.4 is 15.6 Å². The van der Waals surface area contributed by atoms with E-state index >= 15 is 0 Å². The maximum atomic E-state index is 13.1. The van der Waals surface area contributed by atoms with Gasteiger partial charge in [0.05, 0.1) is 19.3 Å². The molecule has 9 heteroatoms. The molecule has 0 aliphatic heterocycles. The van der Waals surface area contributed by atoms with Crippen molar-refractivity contribution >= 4 is 27.7 Å². The van der Waals surface area contributed by atoms with Crippen molar-refractivity contribution in [2.24, 2.45) is 0 Å². The van der Waals surface area contributed by atoms with E-state index in [0.29, 0.717) is 29.9 Å². The van der Waals surface area contributed by atoms with Gasteiger partial charge in [-0.1, -0.05) is 42.5 Å². The van der Waals surface area contributed by atoms with Crippen molar-refractivity contribution in [1.82, 2.24) is 24.6 Å². The Kier molecular flexibility index (Phi) is 6.21. The third-order valence-electron chi connectivity index (χ3n) is 5.63. The Bertz CT molecular complexity index is 1560. The van der Waals surface area contributed by atoms with E-state index in [1.165, 1.54) is 29.2 Å². The Morgan fingerprint density at radius 1 is 1.03 bits per heavy atom. The Hall–Kier alpha value is -4.53. The number of carbonyl (C=O) groups is 1. The number of benzene rings is 3. The predicted octanol–water partition coefficient (Wildman–Crippen LogP) is 3.13. The van der Waals surface area contributed by atoms with E-state index in [1.54, 1.807) is 16.8 Å². The molecule has 2 heterocycles. The van der Waals surface area contributed by atoms with Crippen LogP contribution in [0.25, 0.3) is 21.8 Å². The monoisotopic (exact) mass is 471 g/mol. The standard InChI is InChI=1S/C26H22FN5O3/c27-21-8-5-18(6-9-21)15-31-17-29-25-23(26(31)34)14-30-32(25)12-11-28-24(33)16-35-22-10-7-19-3-1-2-4-20(19)13-22/h1-10,13-14,17H,11-12,15-16H2,(H,28,33). The van der Waals surface area contributed by atoms with Gasteiger partial charge in [-0.05, 0) is 40.6 Å². The normalized spacial score (nSPS) is 11.1. The lowest BCUT2D eigenvalue weighted by molar-refractivity contribution is -0.123. The molecule has 0 spiro atoms. The highest BCUT2D eigenvalue weighted by Gasteiger charge is 2.11. The molecule has 0 unspecified atom stereocenters.